The Morgan fingerprint density at radius 3 is 2.57 bits per heavy atom. The van der Waals surface area contributed by atoms with Crippen LogP contribution in [0.1, 0.15) is 45.3 Å². The highest BCUT2D eigenvalue weighted by atomic mass is 32.1. The molecule has 2 heterocycles. The summed E-state index contributed by atoms with van der Waals surface area (Å²) in [6.45, 7) is 9.89. The molecule has 6 nitrogen and oxygen atoms in total. The summed E-state index contributed by atoms with van der Waals surface area (Å²) < 4.78 is 6.78. The minimum atomic E-state index is -0.439. The Balaban J connectivity index is 1.84. The highest BCUT2D eigenvalue weighted by Gasteiger charge is 2.22. The molecule has 0 unspecified atom stereocenters. The number of fused-ring (bicyclic) bond motifs is 1. The molecule has 3 rings (SSSR count). The summed E-state index contributed by atoms with van der Waals surface area (Å²) in [7, 11) is 0. The number of benzene rings is 1. The third-order valence-electron chi connectivity index (χ3n) is 5.22. The van der Waals surface area contributed by atoms with E-state index in [1.807, 2.05) is 45.9 Å². The van der Waals surface area contributed by atoms with Crippen molar-refractivity contribution in [3.8, 4) is 0 Å². The molecular weight excluding hydrogens is 400 g/mol. The first-order valence-corrected chi connectivity index (χ1v) is 10.7. The number of para-hydroxylation sites is 1. The van der Waals surface area contributed by atoms with E-state index in [0.29, 0.717) is 10.6 Å². The van der Waals surface area contributed by atoms with Crippen LogP contribution in [0, 0.1) is 27.7 Å². The summed E-state index contributed by atoms with van der Waals surface area (Å²) in [5.41, 5.74) is 3.85. The molecule has 3 aromatic rings. The second-order valence-electron chi connectivity index (χ2n) is 7.29. The Kier molecular flexibility index (Phi) is 6.41. The number of nitrogens with zero attached hydrogens (tertiary/aromatic N) is 1. The Bertz CT molecular complexity index is 1190. The molecule has 0 aliphatic heterocycles. The number of carbonyl (C=O) groups excluding carboxylic acids is 2. The zero-order chi connectivity index (χ0) is 22.0. The quantitative estimate of drug-likeness (QED) is 0.589. The zero-order valence-electron chi connectivity index (χ0n) is 17.9. The second kappa shape index (κ2) is 8.83. The Labute approximate surface area is 179 Å². The maximum absolute atomic E-state index is 12.7. The normalized spacial score (nSPS) is 11.0. The van der Waals surface area contributed by atoms with Crippen LogP contribution in [0.15, 0.2) is 29.1 Å². The topological polar surface area (TPSA) is 77.4 Å². The van der Waals surface area contributed by atoms with E-state index in [-0.39, 0.29) is 31.0 Å². The molecule has 1 aromatic carbocycles. The van der Waals surface area contributed by atoms with Crippen molar-refractivity contribution >= 4 is 39.1 Å². The first-order valence-electron chi connectivity index (χ1n) is 9.91. The Morgan fingerprint density at radius 2 is 1.87 bits per heavy atom. The molecule has 2 aromatic heterocycles. The van der Waals surface area contributed by atoms with E-state index in [0.717, 1.165) is 32.5 Å². The number of nitrogens with one attached hydrogen (secondary N) is 1. The molecule has 1 amide bonds. The lowest BCUT2D eigenvalue weighted by Gasteiger charge is -2.14. The molecule has 158 valence electrons. The van der Waals surface area contributed by atoms with Gasteiger partial charge in [-0.05, 0) is 51.3 Å². The molecule has 30 heavy (non-hydrogen) atoms. The van der Waals surface area contributed by atoms with E-state index >= 15 is 0 Å². The molecule has 1 N–H and O–H groups in total. The number of esters is 1. The average Bonchev–Trinajstić information content (AvgIpc) is 2.95. The zero-order valence-corrected chi connectivity index (χ0v) is 18.7. The highest BCUT2D eigenvalue weighted by Crippen LogP contribution is 2.33. The predicted octanol–water partition coefficient (Wildman–Crippen LogP) is 4.50. The lowest BCUT2D eigenvalue weighted by Crippen LogP contribution is -2.24. The van der Waals surface area contributed by atoms with Gasteiger partial charge in [0.15, 0.2) is 0 Å². The van der Waals surface area contributed by atoms with E-state index in [1.54, 1.807) is 17.6 Å². The number of aryl methyl sites for hydroxylation is 4. The number of pyridine rings is 1. The number of thiophene rings is 1. The van der Waals surface area contributed by atoms with Crippen molar-refractivity contribution in [2.75, 3.05) is 11.9 Å². The molecule has 0 saturated heterocycles. The van der Waals surface area contributed by atoms with Gasteiger partial charge in [0.25, 0.3) is 5.56 Å². The highest BCUT2D eigenvalue weighted by molar-refractivity contribution is 7.16. The van der Waals surface area contributed by atoms with E-state index in [4.69, 9.17) is 4.74 Å². The van der Waals surface area contributed by atoms with Gasteiger partial charge in [-0.25, -0.2) is 4.79 Å². The molecule has 0 saturated carbocycles. The molecule has 0 spiro atoms. The van der Waals surface area contributed by atoms with Crippen molar-refractivity contribution in [2.45, 2.75) is 47.6 Å². The fourth-order valence-electron chi connectivity index (χ4n) is 3.58. The Hall–Kier alpha value is -2.93. The molecule has 0 radical (unpaired) electrons. The van der Waals surface area contributed by atoms with Gasteiger partial charge < -0.3 is 14.6 Å². The predicted molar refractivity (Wildman–Crippen MR) is 121 cm³/mol. The van der Waals surface area contributed by atoms with Gasteiger partial charge in [-0.3, -0.25) is 9.59 Å². The average molecular weight is 427 g/mol. The summed E-state index contributed by atoms with van der Waals surface area (Å²) in [6, 6.07) is 7.51. The smallest absolute Gasteiger partial charge is 0.341 e. The van der Waals surface area contributed by atoms with Crippen LogP contribution < -0.4 is 10.9 Å². The number of ether oxygens (including phenoxy) is 1. The van der Waals surface area contributed by atoms with E-state index in [9.17, 15) is 14.4 Å². The summed E-state index contributed by atoms with van der Waals surface area (Å²) >= 11 is 1.35. The van der Waals surface area contributed by atoms with Gasteiger partial charge in [0.2, 0.25) is 5.91 Å². The summed E-state index contributed by atoms with van der Waals surface area (Å²) in [5.74, 6) is -0.693. The van der Waals surface area contributed by atoms with Crippen LogP contribution >= 0.6 is 11.3 Å². The molecule has 0 bridgehead atoms. The fraction of sp³-hybridized carbons (Fsp3) is 0.348. The lowest BCUT2D eigenvalue weighted by molar-refractivity contribution is -0.116. The third-order valence-corrected chi connectivity index (χ3v) is 6.34. The Morgan fingerprint density at radius 1 is 1.13 bits per heavy atom. The minimum Gasteiger partial charge on any atom is -0.462 e. The van der Waals surface area contributed by atoms with Crippen molar-refractivity contribution in [3.63, 3.8) is 0 Å². The maximum Gasteiger partial charge on any atom is 0.341 e. The molecule has 0 aliphatic rings. The van der Waals surface area contributed by atoms with Crippen LogP contribution in [0.5, 0.6) is 0 Å². The van der Waals surface area contributed by atoms with Gasteiger partial charge in [0.05, 0.1) is 17.7 Å². The molecule has 7 heteroatoms. The maximum atomic E-state index is 12.7. The first-order chi connectivity index (χ1) is 14.2. The number of amides is 1. The van der Waals surface area contributed by atoms with Crippen molar-refractivity contribution in [1.29, 1.82) is 0 Å². The number of aromatic nitrogens is 1. The SMILES string of the molecule is CCOC(=O)c1c(NC(=O)CCn2c(=O)cc(C)c3cccc(C)c32)sc(C)c1C. The number of carbonyl (C=O) groups is 2. The van der Waals surface area contributed by atoms with Gasteiger partial charge >= 0.3 is 5.97 Å². The fourth-order valence-corrected chi connectivity index (χ4v) is 4.64. The summed E-state index contributed by atoms with van der Waals surface area (Å²) in [6.07, 6.45) is 0.116. The summed E-state index contributed by atoms with van der Waals surface area (Å²) in [4.78, 5) is 38.5. The first kappa shape index (κ1) is 21.8. The van der Waals surface area contributed by atoms with Gasteiger partial charge in [-0.15, -0.1) is 11.3 Å². The second-order valence-corrected chi connectivity index (χ2v) is 8.52. The largest absolute Gasteiger partial charge is 0.462 e. The number of rotatable bonds is 6. The molecular formula is C23H26N2O4S. The van der Waals surface area contributed by atoms with Crippen molar-refractivity contribution in [2.24, 2.45) is 0 Å². The van der Waals surface area contributed by atoms with E-state index in [1.165, 1.54) is 11.3 Å². The lowest BCUT2D eigenvalue weighted by atomic mass is 10.1. The van der Waals surface area contributed by atoms with Gasteiger partial charge in [-0.2, -0.15) is 0 Å². The number of anilines is 1. The van der Waals surface area contributed by atoms with Crippen LogP contribution in [0.2, 0.25) is 0 Å². The van der Waals surface area contributed by atoms with Crippen molar-refractivity contribution in [3.05, 3.63) is 61.8 Å². The number of hydrogen-bond donors (Lipinski definition) is 1. The minimum absolute atomic E-state index is 0.116. The monoisotopic (exact) mass is 426 g/mol. The van der Waals surface area contributed by atoms with E-state index < -0.39 is 5.97 Å². The van der Waals surface area contributed by atoms with Gasteiger partial charge in [0.1, 0.15) is 5.00 Å². The van der Waals surface area contributed by atoms with Gasteiger partial charge in [-0.1, -0.05) is 18.2 Å². The van der Waals surface area contributed by atoms with Crippen LogP contribution in [0.3, 0.4) is 0 Å². The van der Waals surface area contributed by atoms with Crippen LogP contribution in [0.4, 0.5) is 5.00 Å². The third kappa shape index (κ3) is 4.16. The molecule has 0 fully saturated rings. The number of hydrogen-bond acceptors (Lipinski definition) is 5. The van der Waals surface area contributed by atoms with E-state index in [2.05, 4.69) is 5.32 Å². The summed E-state index contributed by atoms with van der Waals surface area (Å²) in [5, 5.41) is 4.33. The molecule has 0 aliphatic carbocycles. The van der Waals surface area contributed by atoms with Crippen molar-refractivity contribution in [1.82, 2.24) is 4.57 Å². The van der Waals surface area contributed by atoms with Crippen LogP contribution in [-0.2, 0) is 16.1 Å². The van der Waals surface area contributed by atoms with Crippen molar-refractivity contribution < 1.29 is 14.3 Å². The van der Waals surface area contributed by atoms with Crippen LogP contribution in [-0.4, -0.2) is 23.1 Å². The standard InChI is InChI=1S/C23H26N2O4S/c1-6-29-23(28)20-15(4)16(5)30-22(20)24-18(26)10-11-25-19(27)12-14(3)17-9-7-8-13(2)21(17)25/h7-9,12H,6,10-11H2,1-5H3,(H,24,26). The van der Waals surface area contributed by atoms with Gasteiger partial charge in [0, 0.05) is 29.3 Å². The van der Waals surface area contributed by atoms with Crippen LogP contribution in [0.25, 0.3) is 10.9 Å². The molecule has 0 atom stereocenters.